The van der Waals surface area contributed by atoms with Crippen molar-refractivity contribution in [3.05, 3.63) is 139 Å². The molecule has 3 heterocycles. The summed E-state index contributed by atoms with van der Waals surface area (Å²) in [5, 5.41) is 24.6. The molecule has 1 unspecified atom stereocenters. The van der Waals surface area contributed by atoms with Gasteiger partial charge in [0.25, 0.3) is 11.8 Å². The van der Waals surface area contributed by atoms with E-state index < -0.39 is 17.9 Å². The summed E-state index contributed by atoms with van der Waals surface area (Å²) in [5.74, 6) is 2.61. The SMILES string of the molecule is C=C(C#N)C(=O)NCCNc1ncnc(N)c1-c1ccc(Oc2cccc(C=C(C#N)C(=O)N3CCC(Oc4ncnc(N)c4-c4ccc(Oc5ccccc5)cc4)C3)c2)cc1. The second-order valence-electron chi connectivity index (χ2n) is 13.8. The first-order valence-corrected chi connectivity index (χ1v) is 19.3. The van der Waals surface area contributed by atoms with Gasteiger partial charge in [-0.05, 0) is 71.3 Å². The third kappa shape index (κ3) is 10.1. The maximum atomic E-state index is 13.6. The number of rotatable bonds is 15. The largest absolute Gasteiger partial charge is 0.472 e. The predicted octanol–water partition coefficient (Wildman–Crippen LogP) is 6.54. The van der Waals surface area contributed by atoms with Gasteiger partial charge in [-0.2, -0.15) is 10.5 Å². The van der Waals surface area contributed by atoms with Gasteiger partial charge in [0.1, 0.15) is 82.5 Å². The van der Waals surface area contributed by atoms with E-state index in [1.807, 2.05) is 54.6 Å². The maximum absolute atomic E-state index is 13.6. The summed E-state index contributed by atoms with van der Waals surface area (Å²) >= 11 is 0. The summed E-state index contributed by atoms with van der Waals surface area (Å²) in [6.07, 6.45) is 4.30. The van der Waals surface area contributed by atoms with Gasteiger partial charge in [-0.15, -0.1) is 0 Å². The average molecular weight is 826 g/mol. The summed E-state index contributed by atoms with van der Waals surface area (Å²) in [7, 11) is 0. The van der Waals surface area contributed by atoms with Crippen molar-refractivity contribution >= 4 is 35.3 Å². The van der Waals surface area contributed by atoms with Gasteiger partial charge in [-0.3, -0.25) is 9.59 Å². The van der Waals surface area contributed by atoms with Crippen molar-refractivity contribution in [3.63, 3.8) is 0 Å². The first-order chi connectivity index (χ1) is 30.2. The Morgan fingerprint density at radius 2 is 1.40 bits per heavy atom. The molecule has 1 saturated heterocycles. The molecule has 0 spiro atoms. The van der Waals surface area contributed by atoms with E-state index in [4.69, 9.17) is 30.9 Å². The van der Waals surface area contributed by atoms with Crippen LogP contribution in [0.4, 0.5) is 17.5 Å². The third-order valence-corrected chi connectivity index (χ3v) is 9.56. The molecule has 1 aliphatic rings. The Kier molecular flexibility index (Phi) is 12.9. The zero-order chi connectivity index (χ0) is 43.4. The van der Waals surface area contributed by atoms with Crippen LogP contribution in [0.2, 0.25) is 0 Å². The van der Waals surface area contributed by atoms with E-state index >= 15 is 0 Å². The number of hydrogen-bond donors (Lipinski definition) is 4. The molecule has 0 bridgehead atoms. The van der Waals surface area contributed by atoms with E-state index in [0.717, 1.165) is 5.56 Å². The van der Waals surface area contributed by atoms with Crippen molar-refractivity contribution in [2.75, 3.05) is 43.0 Å². The van der Waals surface area contributed by atoms with Crippen molar-refractivity contribution in [2.24, 2.45) is 0 Å². The van der Waals surface area contributed by atoms with Gasteiger partial charge in [0.15, 0.2) is 0 Å². The molecule has 0 saturated carbocycles. The van der Waals surface area contributed by atoms with Gasteiger partial charge >= 0.3 is 0 Å². The number of nitriles is 2. The van der Waals surface area contributed by atoms with E-state index in [2.05, 4.69) is 43.2 Å². The molecular weight excluding hydrogens is 787 g/mol. The van der Waals surface area contributed by atoms with E-state index in [9.17, 15) is 14.9 Å². The standard InChI is InChI=1S/C46H39N11O5/c1-29(24-47)44(58)52-20-19-51-43-39(41(49)53-27-55-43)31-10-14-36(15-11-31)61-37-9-5-6-30(23-37)22-33(25-48)46(59)57-21-18-38(26-57)62-45-40(42(50)54-28-56-45)32-12-16-35(17-13-32)60-34-7-3-2-4-8-34/h2-17,22-23,27-28,38H,1,18-21,26H2,(H,52,58)(H2,50,54,56)(H3,49,51,53,55). The van der Waals surface area contributed by atoms with Crippen LogP contribution in [0.1, 0.15) is 12.0 Å². The van der Waals surface area contributed by atoms with Crippen LogP contribution in [-0.4, -0.2) is 68.9 Å². The molecule has 7 rings (SSSR count). The molecule has 0 aliphatic carbocycles. The number of nitrogen functional groups attached to an aromatic ring is 2. The predicted molar refractivity (Wildman–Crippen MR) is 232 cm³/mol. The highest BCUT2D eigenvalue weighted by Crippen LogP contribution is 2.36. The minimum Gasteiger partial charge on any atom is -0.472 e. The van der Waals surface area contributed by atoms with Crippen LogP contribution in [0.5, 0.6) is 28.9 Å². The summed E-state index contributed by atoms with van der Waals surface area (Å²) in [4.78, 5) is 44.0. The Bertz CT molecular complexity index is 2710. The van der Waals surface area contributed by atoms with E-state index in [1.54, 1.807) is 59.5 Å². The van der Waals surface area contributed by atoms with E-state index in [1.165, 1.54) is 18.7 Å². The lowest BCUT2D eigenvalue weighted by Gasteiger charge is -2.18. The van der Waals surface area contributed by atoms with Crippen molar-refractivity contribution in [3.8, 4) is 63.3 Å². The van der Waals surface area contributed by atoms with Gasteiger partial charge in [0, 0.05) is 26.1 Å². The Balaban J connectivity index is 0.968. The number of carbonyl (C=O) groups is 2. The highest BCUT2D eigenvalue weighted by Gasteiger charge is 2.31. The number of aromatic nitrogens is 4. The second-order valence-corrected chi connectivity index (χ2v) is 13.8. The molecule has 4 aromatic carbocycles. The summed E-state index contributed by atoms with van der Waals surface area (Å²) < 4.78 is 18.4. The molecule has 16 nitrogen and oxygen atoms in total. The van der Waals surface area contributed by atoms with Gasteiger partial charge in [0.2, 0.25) is 5.88 Å². The fraction of sp³-hybridized carbons (Fsp3) is 0.130. The van der Waals surface area contributed by atoms with Crippen LogP contribution in [0, 0.1) is 22.7 Å². The number of nitrogens with two attached hydrogens (primary N) is 2. The lowest BCUT2D eigenvalue weighted by atomic mass is 10.1. The van der Waals surface area contributed by atoms with E-state index in [0.29, 0.717) is 70.6 Å². The number of anilines is 3. The molecule has 62 heavy (non-hydrogen) atoms. The quantitative estimate of drug-likeness (QED) is 0.0488. The lowest BCUT2D eigenvalue weighted by molar-refractivity contribution is -0.126. The number of carbonyl (C=O) groups excluding carboxylic acids is 2. The second kappa shape index (κ2) is 19.3. The van der Waals surface area contributed by atoms with Gasteiger partial charge in [0.05, 0.1) is 17.7 Å². The maximum Gasteiger partial charge on any atom is 0.264 e. The number of likely N-dealkylation sites (tertiary alicyclic amines) is 1. The number of amides is 2. The van der Waals surface area contributed by atoms with Crippen molar-refractivity contribution < 1.29 is 23.8 Å². The van der Waals surface area contributed by atoms with Crippen molar-refractivity contribution in [1.29, 1.82) is 10.5 Å². The lowest BCUT2D eigenvalue weighted by Crippen LogP contribution is -2.31. The third-order valence-electron chi connectivity index (χ3n) is 9.56. The van der Waals surface area contributed by atoms with Crippen molar-refractivity contribution in [1.82, 2.24) is 30.2 Å². The average Bonchev–Trinajstić information content (AvgIpc) is 3.76. The zero-order valence-electron chi connectivity index (χ0n) is 33.2. The summed E-state index contributed by atoms with van der Waals surface area (Å²) in [6.45, 7) is 4.53. The minimum atomic E-state index is -0.550. The van der Waals surface area contributed by atoms with Crippen LogP contribution < -0.4 is 36.3 Å². The molecule has 308 valence electrons. The minimum absolute atomic E-state index is 0.0426. The van der Waals surface area contributed by atoms with Crippen LogP contribution in [0.25, 0.3) is 28.3 Å². The van der Waals surface area contributed by atoms with Crippen LogP contribution in [0.15, 0.2) is 134 Å². The molecule has 1 aliphatic heterocycles. The molecule has 2 aromatic heterocycles. The smallest absolute Gasteiger partial charge is 0.264 e. The van der Waals surface area contributed by atoms with Crippen LogP contribution in [0.3, 0.4) is 0 Å². The number of nitrogens with zero attached hydrogens (tertiary/aromatic N) is 7. The molecule has 1 atom stereocenters. The number of ether oxygens (including phenoxy) is 3. The molecule has 16 heteroatoms. The Labute approximate surface area is 356 Å². The summed E-state index contributed by atoms with van der Waals surface area (Å²) in [5.41, 5.74) is 15.4. The molecule has 6 aromatic rings. The highest BCUT2D eigenvalue weighted by atomic mass is 16.5. The molecular formula is C46H39N11O5. The number of para-hydroxylation sites is 1. The summed E-state index contributed by atoms with van der Waals surface area (Å²) in [6, 6.07) is 34.7. The van der Waals surface area contributed by atoms with Gasteiger partial charge < -0.3 is 41.2 Å². The number of hydrogen-bond acceptors (Lipinski definition) is 14. The topological polar surface area (TPSA) is 240 Å². The first-order valence-electron chi connectivity index (χ1n) is 19.3. The highest BCUT2D eigenvalue weighted by molar-refractivity contribution is 6.02. The van der Waals surface area contributed by atoms with Crippen LogP contribution >= 0.6 is 0 Å². The first kappa shape index (κ1) is 41.4. The van der Waals surface area contributed by atoms with Crippen LogP contribution in [-0.2, 0) is 9.59 Å². The fourth-order valence-electron chi connectivity index (χ4n) is 6.53. The zero-order valence-corrected chi connectivity index (χ0v) is 33.2. The number of benzene rings is 4. The fourth-order valence-corrected chi connectivity index (χ4v) is 6.53. The molecule has 6 N–H and O–H groups in total. The normalized spacial score (nSPS) is 13.3. The van der Waals surface area contributed by atoms with E-state index in [-0.39, 0.29) is 41.8 Å². The Hall–Kier alpha value is -8.76. The van der Waals surface area contributed by atoms with Crippen molar-refractivity contribution in [2.45, 2.75) is 12.5 Å². The molecule has 2 amide bonds. The monoisotopic (exact) mass is 825 g/mol. The van der Waals surface area contributed by atoms with Gasteiger partial charge in [-0.1, -0.05) is 61.2 Å². The Morgan fingerprint density at radius 1 is 0.774 bits per heavy atom. The van der Waals surface area contributed by atoms with Gasteiger partial charge in [-0.25, -0.2) is 19.9 Å². The molecule has 1 fully saturated rings. The Morgan fingerprint density at radius 3 is 2.10 bits per heavy atom. The number of nitrogens with one attached hydrogen (secondary N) is 2. The molecule has 0 radical (unpaired) electrons.